The number of likely N-dealkylation sites (tertiary alicyclic amines) is 1. The number of amides is 1. The molecular formula is C22H30N4O. The first kappa shape index (κ1) is 19.4. The molecule has 0 spiro atoms. The monoisotopic (exact) mass is 366 g/mol. The van der Waals surface area contributed by atoms with Gasteiger partial charge in [0.05, 0.1) is 0 Å². The van der Waals surface area contributed by atoms with Gasteiger partial charge in [0.15, 0.2) is 0 Å². The van der Waals surface area contributed by atoms with Gasteiger partial charge in [-0.3, -0.25) is 9.78 Å². The molecule has 5 heteroatoms. The molecule has 1 fully saturated rings. The average Bonchev–Trinajstić information content (AvgIpc) is 2.72. The second kappa shape index (κ2) is 9.51. The third-order valence-electron chi connectivity index (χ3n) is 5.57. The van der Waals surface area contributed by atoms with Crippen LogP contribution >= 0.6 is 0 Å². The van der Waals surface area contributed by atoms with Gasteiger partial charge >= 0.3 is 0 Å². The van der Waals surface area contributed by atoms with Crippen LogP contribution in [-0.2, 0) is 17.6 Å². The summed E-state index contributed by atoms with van der Waals surface area (Å²) in [5.74, 6) is 0.213. The first-order valence-electron chi connectivity index (χ1n) is 9.85. The minimum Gasteiger partial charge on any atom is -0.399 e. The quantitative estimate of drug-likeness (QED) is 0.766. The molecule has 1 amide bonds. The number of aromatic nitrogens is 1. The third kappa shape index (κ3) is 5.54. The standard InChI is InChI=1S/C22H30N4O/c1-25(22(27)10-9-18-6-2-3-8-21(18)23)20-12-16-26(17-13-20)15-11-19-7-4-5-14-24-19/h2-8,14,20H,9-13,15-17,23H2,1H3. The van der Waals surface area contributed by atoms with Crippen LogP contribution in [-0.4, -0.2) is 53.4 Å². The number of nitrogens with two attached hydrogens (primary N) is 1. The van der Waals surface area contributed by atoms with Crippen LogP contribution in [0.5, 0.6) is 0 Å². The van der Waals surface area contributed by atoms with E-state index in [2.05, 4.69) is 16.0 Å². The number of aryl methyl sites for hydroxylation is 1. The topological polar surface area (TPSA) is 62.5 Å². The van der Waals surface area contributed by atoms with Gasteiger partial charge < -0.3 is 15.5 Å². The number of hydrogen-bond donors (Lipinski definition) is 1. The zero-order valence-electron chi connectivity index (χ0n) is 16.2. The van der Waals surface area contributed by atoms with E-state index in [1.807, 2.05) is 54.5 Å². The molecule has 27 heavy (non-hydrogen) atoms. The Labute approximate surface area is 162 Å². The predicted molar refractivity (Wildman–Crippen MR) is 109 cm³/mol. The number of nitrogen functional groups attached to an aromatic ring is 1. The van der Waals surface area contributed by atoms with E-state index in [0.29, 0.717) is 18.9 Å². The fraction of sp³-hybridized carbons (Fsp3) is 0.455. The lowest BCUT2D eigenvalue weighted by atomic mass is 10.0. The summed E-state index contributed by atoms with van der Waals surface area (Å²) in [6, 6.07) is 14.2. The largest absolute Gasteiger partial charge is 0.399 e. The summed E-state index contributed by atoms with van der Waals surface area (Å²) in [7, 11) is 1.95. The van der Waals surface area contributed by atoms with E-state index >= 15 is 0 Å². The molecule has 0 radical (unpaired) electrons. The number of carbonyl (C=O) groups is 1. The van der Waals surface area contributed by atoms with Crippen LogP contribution in [0.2, 0.25) is 0 Å². The minimum absolute atomic E-state index is 0.213. The van der Waals surface area contributed by atoms with Crippen molar-refractivity contribution in [2.45, 2.75) is 38.1 Å². The molecule has 0 bridgehead atoms. The Morgan fingerprint density at radius 2 is 1.89 bits per heavy atom. The molecule has 2 N–H and O–H groups in total. The molecule has 144 valence electrons. The predicted octanol–water partition coefficient (Wildman–Crippen LogP) is 2.76. The van der Waals surface area contributed by atoms with E-state index in [1.54, 1.807) is 0 Å². The Morgan fingerprint density at radius 3 is 2.59 bits per heavy atom. The van der Waals surface area contributed by atoms with Gasteiger partial charge in [-0.05, 0) is 43.0 Å². The molecule has 2 heterocycles. The third-order valence-corrected chi connectivity index (χ3v) is 5.57. The average molecular weight is 367 g/mol. The normalized spacial score (nSPS) is 15.6. The summed E-state index contributed by atoms with van der Waals surface area (Å²) < 4.78 is 0. The fourth-order valence-electron chi connectivity index (χ4n) is 3.73. The molecule has 1 aromatic heterocycles. The SMILES string of the molecule is CN(C(=O)CCc1ccccc1N)C1CCN(CCc2ccccn2)CC1. The van der Waals surface area contributed by atoms with Crippen molar-refractivity contribution >= 4 is 11.6 Å². The molecule has 1 aromatic carbocycles. The summed E-state index contributed by atoms with van der Waals surface area (Å²) in [5.41, 5.74) is 8.95. The molecule has 2 aromatic rings. The number of para-hydroxylation sites is 1. The maximum atomic E-state index is 12.6. The van der Waals surface area contributed by atoms with Gasteiger partial charge in [-0.15, -0.1) is 0 Å². The summed E-state index contributed by atoms with van der Waals surface area (Å²) >= 11 is 0. The highest BCUT2D eigenvalue weighted by atomic mass is 16.2. The van der Waals surface area contributed by atoms with Gasteiger partial charge in [-0.2, -0.15) is 0 Å². The van der Waals surface area contributed by atoms with Crippen molar-refractivity contribution in [1.82, 2.24) is 14.8 Å². The first-order valence-corrected chi connectivity index (χ1v) is 9.85. The molecular weight excluding hydrogens is 336 g/mol. The number of hydrogen-bond acceptors (Lipinski definition) is 4. The number of anilines is 1. The highest BCUT2D eigenvalue weighted by molar-refractivity contribution is 5.76. The Bertz CT molecular complexity index is 726. The van der Waals surface area contributed by atoms with Gasteiger partial charge in [-0.25, -0.2) is 0 Å². The zero-order chi connectivity index (χ0) is 19.1. The van der Waals surface area contributed by atoms with Crippen molar-refractivity contribution < 1.29 is 4.79 Å². The zero-order valence-corrected chi connectivity index (χ0v) is 16.2. The molecule has 3 rings (SSSR count). The van der Waals surface area contributed by atoms with E-state index < -0.39 is 0 Å². The van der Waals surface area contributed by atoms with Crippen LogP contribution in [0.1, 0.15) is 30.5 Å². The minimum atomic E-state index is 0.213. The van der Waals surface area contributed by atoms with Crippen molar-refractivity contribution in [2.24, 2.45) is 0 Å². The van der Waals surface area contributed by atoms with E-state index in [1.165, 1.54) is 0 Å². The molecule has 5 nitrogen and oxygen atoms in total. The van der Waals surface area contributed by atoms with E-state index in [4.69, 9.17) is 5.73 Å². The molecule has 0 unspecified atom stereocenters. The second-order valence-corrected chi connectivity index (χ2v) is 7.35. The maximum absolute atomic E-state index is 12.6. The number of piperidine rings is 1. The lowest BCUT2D eigenvalue weighted by Crippen LogP contribution is -2.46. The van der Waals surface area contributed by atoms with Crippen LogP contribution in [0.15, 0.2) is 48.7 Å². The van der Waals surface area contributed by atoms with Crippen LogP contribution in [0.4, 0.5) is 5.69 Å². The lowest BCUT2D eigenvalue weighted by molar-refractivity contribution is -0.132. The van der Waals surface area contributed by atoms with Gasteiger partial charge in [0, 0.05) is 63.1 Å². The van der Waals surface area contributed by atoms with Crippen LogP contribution in [0, 0.1) is 0 Å². The Balaban J connectivity index is 1.40. The summed E-state index contributed by atoms with van der Waals surface area (Å²) in [6.07, 6.45) is 6.14. The second-order valence-electron chi connectivity index (χ2n) is 7.35. The van der Waals surface area contributed by atoms with Crippen LogP contribution in [0.25, 0.3) is 0 Å². The fourth-order valence-corrected chi connectivity index (χ4v) is 3.73. The molecule has 1 aliphatic heterocycles. The van der Waals surface area contributed by atoms with Crippen molar-refractivity contribution in [1.29, 1.82) is 0 Å². The smallest absolute Gasteiger partial charge is 0.222 e. The van der Waals surface area contributed by atoms with E-state index in [0.717, 1.165) is 55.8 Å². The van der Waals surface area contributed by atoms with Crippen LogP contribution in [0.3, 0.4) is 0 Å². The lowest BCUT2D eigenvalue weighted by Gasteiger charge is -2.36. The summed E-state index contributed by atoms with van der Waals surface area (Å²) in [6.45, 7) is 3.12. The number of rotatable bonds is 7. The number of benzene rings is 1. The molecule has 0 atom stereocenters. The molecule has 0 aliphatic carbocycles. The van der Waals surface area contributed by atoms with Gasteiger partial charge in [0.2, 0.25) is 5.91 Å². The number of carbonyl (C=O) groups excluding carboxylic acids is 1. The Morgan fingerprint density at radius 1 is 1.15 bits per heavy atom. The molecule has 1 saturated heterocycles. The van der Waals surface area contributed by atoms with E-state index in [-0.39, 0.29) is 5.91 Å². The van der Waals surface area contributed by atoms with Gasteiger partial charge in [0.1, 0.15) is 0 Å². The van der Waals surface area contributed by atoms with Crippen molar-refractivity contribution in [3.63, 3.8) is 0 Å². The Kier molecular flexibility index (Phi) is 6.82. The van der Waals surface area contributed by atoms with Crippen molar-refractivity contribution in [2.75, 3.05) is 32.4 Å². The van der Waals surface area contributed by atoms with Crippen LogP contribution < -0.4 is 5.73 Å². The number of pyridine rings is 1. The van der Waals surface area contributed by atoms with E-state index in [9.17, 15) is 4.79 Å². The highest BCUT2D eigenvalue weighted by Crippen LogP contribution is 2.18. The van der Waals surface area contributed by atoms with Crippen molar-refractivity contribution in [3.8, 4) is 0 Å². The highest BCUT2D eigenvalue weighted by Gasteiger charge is 2.25. The number of nitrogens with zero attached hydrogens (tertiary/aromatic N) is 3. The first-order chi connectivity index (χ1) is 13.1. The Hall–Kier alpha value is -2.40. The molecule has 0 saturated carbocycles. The van der Waals surface area contributed by atoms with Gasteiger partial charge in [-0.1, -0.05) is 24.3 Å². The van der Waals surface area contributed by atoms with Crippen molar-refractivity contribution in [3.05, 3.63) is 59.9 Å². The van der Waals surface area contributed by atoms with Gasteiger partial charge in [0.25, 0.3) is 0 Å². The summed E-state index contributed by atoms with van der Waals surface area (Å²) in [5, 5.41) is 0. The molecule has 1 aliphatic rings. The maximum Gasteiger partial charge on any atom is 0.222 e. The summed E-state index contributed by atoms with van der Waals surface area (Å²) in [4.78, 5) is 21.4.